The maximum Gasteiger partial charge on any atom is 0.302 e. The SMILES string of the molecule is CC(=O)O[C@H]1CC[C@@]2(C)[C@@H](C=CC3=C4CC[C@H]([C@H](C)CCCC(C)C)[C@@]4(C)CC[C@@H]32)C1. The summed E-state index contributed by atoms with van der Waals surface area (Å²) >= 11 is 0. The maximum absolute atomic E-state index is 11.5. The van der Waals surface area contributed by atoms with Crippen molar-refractivity contribution in [3.05, 3.63) is 23.3 Å². The van der Waals surface area contributed by atoms with E-state index in [1.807, 2.05) is 5.57 Å². The first-order chi connectivity index (χ1) is 14.6. The minimum Gasteiger partial charge on any atom is -0.463 e. The molecule has 0 saturated heterocycles. The van der Waals surface area contributed by atoms with Gasteiger partial charge in [-0.15, -0.1) is 0 Å². The Labute approximate surface area is 191 Å². The van der Waals surface area contributed by atoms with Gasteiger partial charge in [-0.1, -0.05) is 71.6 Å². The van der Waals surface area contributed by atoms with E-state index in [4.69, 9.17) is 4.74 Å². The lowest BCUT2D eigenvalue weighted by Gasteiger charge is -2.54. The van der Waals surface area contributed by atoms with Crippen LogP contribution in [0.15, 0.2) is 23.3 Å². The third-order valence-corrected chi connectivity index (χ3v) is 10.0. The van der Waals surface area contributed by atoms with Crippen molar-refractivity contribution >= 4 is 5.97 Å². The predicted molar refractivity (Wildman–Crippen MR) is 129 cm³/mol. The highest BCUT2D eigenvalue weighted by Gasteiger charge is 2.54. The number of allylic oxidation sites excluding steroid dienone is 4. The summed E-state index contributed by atoms with van der Waals surface area (Å²) in [4.78, 5) is 11.5. The van der Waals surface area contributed by atoms with Gasteiger partial charge in [-0.05, 0) is 90.9 Å². The Bertz CT molecular complexity index is 746. The molecule has 7 atom stereocenters. The van der Waals surface area contributed by atoms with Gasteiger partial charge in [0.05, 0.1) is 0 Å². The van der Waals surface area contributed by atoms with Gasteiger partial charge in [0.25, 0.3) is 0 Å². The van der Waals surface area contributed by atoms with Gasteiger partial charge < -0.3 is 4.74 Å². The molecule has 2 saturated carbocycles. The van der Waals surface area contributed by atoms with Crippen LogP contribution in [0.25, 0.3) is 0 Å². The summed E-state index contributed by atoms with van der Waals surface area (Å²) < 4.78 is 5.61. The molecule has 0 aromatic rings. The van der Waals surface area contributed by atoms with Crippen LogP contribution in [0.1, 0.15) is 106 Å². The van der Waals surface area contributed by atoms with Crippen molar-refractivity contribution < 1.29 is 9.53 Å². The minimum absolute atomic E-state index is 0.117. The van der Waals surface area contributed by atoms with Crippen molar-refractivity contribution in [2.24, 2.45) is 40.4 Å². The fourth-order valence-corrected chi connectivity index (χ4v) is 8.23. The van der Waals surface area contributed by atoms with Crippen LogP contribution < -0.4 is 0 Å². The fourth-order valence-electron chi connectivity index (χ4n) is 8.23. The standard InChI is InChI=1S/C29H46O2/c1-19(2)8-7-9-20(3)25-12-13-26-24-11-10-22-18-23(31-21(4)30)14-16-28(22,5)27(24)15-17-29(25,26)6/h10-11,19-20,22-23,25,27H,7-9,12-18H2,1-6H3/t20-,22+,23+,25-,27+,28+,29-/m1/s1. The number of rotatable bonds is 6. The Morgan fingerprint density at radius 1 is 1.13 bits per heavy atom. The molecule has 4 rings (SSSR count). The largest absolute Gasteiger partial charge is 0.463 e. The lowest BCUT2D eigenvalue weighted by Crippen LogP contribution is -2.47. The molecule has 2 heteroatoms. The third-order valence-electron chi connectivity index (χ3n) is 10.0. The topological polar surface area (TPSA) is 26.3 Å². The van der Waals surface area contributed by atoms with Crippen molar-refractivity contribution in [1.29, 1.82) is 0 Å². The van der Waals surface area contributed by atoms with Gasteiger partial charge in [0.2, 0.25) is 0 Å². The number of esters is 1. The van der Waals surface area contributed by atoms with E-state index in [0.717, 1.165) is 30.6 Å². The molecule has 0 radical (unpaired) electrons. The summed E-state index contributed by atoms with van der Waals surface area (Å²) in [5, 5.41) is 0. The Morgan fingerprint density at radius 2 is 1.90 bits per heavy atom. The van der Waals surface area contributed by atoms with Crippen molar-refractivity contribution in [2.45, 2.75) is 112 Å². The molecule has 0 aromatic heterocycles. The second-order valence-corrected chi connectivity index (χ2v) is 12.4. The van der Waals surface area contributed by atoms with Gasteiger partial charge in [0.1, 0.15) is 6.10 Å². The van der Waals surface area contributed by atoms with E-state index in [9.17, 15) is 4.79 Å². The van der Waals surface area contributed by atoms with E-state index in [2.05, 4.69) is 46.8 Å². The molecule has 0 heterocycles. The first kappa shape index (κ1) is 23.1. The highest BCUT2D eigenvalue weighted by Crippen LogP contribution is 2.64. The van der Waals surface area contributed by atoms with E-state index in [0.29, 0.717) is 22.7 Å². The molecule has 4 aliphatic carbocycles. The van der Waals surface area contributed by atoms with Crippen LogP contribution in [-0.2, 0) is 9.53 Å². The molecule has 0 spiro atoms. The summed E-state index contributed by atoms with van der Waals surface area (Å²) in [7, 11) is 0. The quantitative estimate of drug-likeness (QED) is 0.404. The van der Waals surface area contributed by atoms with Crippen molar-refractivity contribution in [3.8, 4) is 0 Å². The highest BCUT2D eigenvalue weighted by atomic mass is 16.5. The van der Waals surface area contributed by atoms with Gasteiger partial charge in [-0.25, -0.2) is 0 Å². The van der Waals surface area contributed by atoms with Gasteiger partial charge >= 0.3 is 5.97 Å². The maximum atomic E-state index is 11.5. The normalized spacial score (nSPS) is 40.4. The predicted octanol–water partition coefficient (Wildman–Crippen LogP) is 7.88. The lowest BCUT2D eigenvalue weighted by atomic mass is 9.50. The van der Waals surface area contributed by atoms with Crippen LogP contribution in [0, 0.1) is 40.4 Å². The van der Waals surface area contributed by atoms with Crippen LogP contribution in [0.2, 0.25) is 0 Å². The number of carbonyl (C=O) groups is 1. The number of fused-ring (bicyclic) bond motifs is 4. The van der Waals surface area contributed by atoms with Crippen LogP contribution in [0.3, 0.4) is 0 Å². The number of ether oxygens (including phenoxy) is 1. The van der Waals surface area contributed by atoms with Crippen molar-refractivity contribution in [2.75, 3.05) is 0 Å². The zero-order valence-corrected chi connectivity index (χ0v) is 21.0. The summed E-state index contributed by atoms with van der Waals surface area (Å²) in [5.74, 6) is 3.67. The number of hydrogen-bond donors (Lipinski definition) is 0. The smallest absolute Gasteiger partial charge is 0.302 e. The Kier molecular flexibility index (Phi) is 6.50. The second-order valence-electron chi connectivity index (χ2n) is 12.4. The van der Waals surface area contributed by atoms with E-state index in [1.165, 1.54) is 51.4 Å². The molecule has 2 nitrogen and oxygen atoms in total. The van der Waals surface area contributed by atoms with E-state index < -0.39 is 0 Å². The third kappa shape index (κ3) is 4.18. The number of hydrogen-bond acceptors (Lipinski definition) is 2. The summed E-state index contributed by atoms with van der Waals surface area (Å²) in [5.41, 5.74) is 4.31. The summed E-state index contributed by atoms with van der Waals surface area (Å²) in [6, 6.07) is 0. The highest BCUT2D eigenvalue weighted by molar-refractivity contribution is 5.66. The van der Waals surface area contributed by atoms with E-state index in [1.54, 1.807) is 12.5 Å². The van der Waals surface area contributed by atoms with Gasteiger partial charge in [-0.3, -0.25) is 4.79 Å². The average Bonchev–Trinajstić information content (AvgIpc) is 3.05. The van der Waals surface area contributed by atoms with E-state index in [-0.39, 0.29) is 12.1 Å². The first-order valence-corrected chi connectivity index (χ1v) is 13.2. The Morgan fingerprint density at radius 3 is 2.61 bits per heavy atom. The van der Waals surface area contributed by atoms with Crippen LogP contribution in [-0.4, -0.2) is 12.1 Å². The zero-order valence-electron chi connectivity index (χ0n) is 21.0. The summed E-state index contributed by atoms with van der Waals surface area (Å²) in [6.07, 6.45) is 18.0. The Hall–Kier alpha value is -1.05. The first-order valence-electron chi connectivity index (χ1n) is 13.2. The van der Waals surface area contributed by atoms with Gasteiger partial charge in [-0.2, -0.15) is 0 Å². The van der Waals surface area contributed by atoms with Crippen molar-refractivity contribution in [1.82, 2.24) is 0 Å². The molecule has 2 fully saturated rings. The molecule has 0 N–H and O–H groups in total. The molecule has 0 aromatic carbocycles. The molecule has 31 heavy (non-hydrogen) atoms. The molecule has 0 unspecified atom stereocenters. The van der Waals surface area contributed by atoms with Crippen molar-refractivity contribution in [3.63, 3.8) is 0 Å². The number of carbonyl (C=O) groups excluding carboxylic acids is 1. The van der Waals surface area contributed by atoms with E-state index >= 15 is 0 Å². The minimum atomic E-state index is -0.121. The molecule has 174 valence electrons. The molecule has 4 aliphatic rings. The van der Waals surface area contributed by atoms with Gasteiger partial charge in [0.15, 0.2) is 0 Å². The second kappa shape index (κ2) is 8.71. The zero-order chi connectivity index (χ0) is 22.4. The molecule has 0 aliphatic heterocycles. The van der Waals surface area contributed by atoms with Crippen LogP contribution in [0.5, 0.6) is 0 Å². The molecular formula is C29H46O2. The summed E-state index contributed by atoms with van der Waals surface area (Å²) in [6.45, 7) is 14.0. The monoisotopic (exact) mass is 426 g/mol. The fraction of sp³-hybridized carbons (Fsp3) is 0.828. The molecular weight excluding hydrogens is 380 g/mol. The Balaban J connectivity index is 1.54. The van der Waals surface area contributed by atoms with Crippen LogP contribution in [0.4, 0.5) is 0 Å². The average molecular weight is 427 g/mol. The molecule has 0 bridgehead atoms. The van der Waals surface area contributed by atoms with Gasteiger partial charge in [0, 0.05) is 6.92 Å². The molecule has 0 amide bonds. The van der Waals surface area contributed by atoms with Crippen LogP contribution >= 0.6 is 0 Å². The lowest BCUT2D eigenvalue weighted by molar-refractivity contribution is -0.150.